The Morgan fingerprint density at radius 2 is 1.92 bits per heavy atom. The van der Waals surface area contributed by atoms with Gasteiger partial charge in [-0.25, -0.2) is 9.59 Å². The van der Waals surface area contributed by atoms with E-state index in [1.54, 1.807) is 20.8 Å². The van der Waals surface area contributed by atoms with E-state index in [1.165, 1.54) is 4.90 Å². The van der Waals surface area contributed by atoms with Gasteiger partial charge >= 0.3 is 12.2 Å². The molecule has 1 unspecified atom stereocenters. The summed E-state index contributed by atoms with van der Waals surface area (Å²) in [6.45, 7) is 5.71. The average Bonchev–Trinajstić information content (AvgIpc) is 2.85. The van der Waals surface area contributed by atoms with Crippen molar-refractivity contribution in [1.82, 2.24) is 10.2 Å². The molecule has 0 radical (unpaired) electrons. The summed E-state index contributed by atoms with van der Waals surface area (Å²) < 4.78 is 10.4. The first-order valence-electron chi connectivity index (χ1n) is 7.88. The molecule has 1 aromatic carbocycles. The molecule has 1 aliphatic heterocycles. The monoisotopic (exact) mass is 336 g/mol. The van der Waals surface area contributed by atoms with Crippen LogP contribution in [0.4, 0.5) is 9.59 Å². The van der Waals surface area contributed by atoms with Crippen molar-refractivity contribution in [3.8, 4) is 0 Å². The van der Waals surface area contributed by atoms with Crippen LogP contribution in [0.5, 0.6) is 0 Å². The van der Waals surface area contributed by atoms with Crippen LogP contribution in [0.25, 0.3) is 0 Å². The molecule has 1 saturated heterocycles. The molecule has 2 N–H and O–H groups in total. The van der Waals surface area contributed by atoms with Gasteiger partial charge in [-0.05, 0) is 26.3 Å². The predicted octanol–water partition coefficient (Wildman–Crippen LogP) is 1.89. The number of benzene rings is 1. The highest BCUT2D eigenvalue weighted by Gasteiger charge is 2.36. The minimum absolute atomic E-state index is 0.105. The van der Waals surface area contributed by atoms with Gasteiger partial charge in [-0.2, -0.15) is 0 Å². The lowest BCUT2D eigenvalue weighted by Gasteiger charge is -2.22. The fraction of sp³-hybridized carbons (Fsp3) is 0.529. The lowest BCUT2D eigenvalue weighted by atomic mass is 10.2. The molecule has 1 aromatic rings. The Hall–Kier alpha value is -2.28. The predicted molar refractivity (Wildman–Crippen MR) is 87.4 cm³/mol. The number of hydrogen-bond acceptors (Lipinski definition) is 5. The van der Waals surface area contributed by atoms with Crippen LogP contribution in [-0.2, 0) is 16.1 Å². The number of carbonyl (C=O) groups is 2. The molecule has 7 nitrogen and oxygen atoms in total. The Labute approximate surface area is 141 Å². The van der Waals surface area contributed by atoms with Crippen LogP contribution >= 0.6 is 0 Å². The standard InChI is InChI=1S/C17H24N2O5/c1-17(2,3)24-15(21)18-13-9-19(10-14(13)20)16(22)23-11-12-7-5-4-6-8-12/h4-8,13-14,20H,9-11H2,1-3H3,(H,18,21)/t13-,14?/m0/s1. The van der Waals surface area contributed by atoms with Crippen molar-refractivity contribution in [3.05, 3.63) is 35.9 Å². The van der Waals surface area contributed by atoms with Crippen molar-refractivity contribution in [2.45, 2.75) is 45.1 Å². The van der Waals surface area contributed by atoms with E-state index < -0.39 is 29.9 Å². The summed E-state index contributed by atoms with van der Waals surface area (Å²) in [5.41, 5.74) is 0.260. The Kier molecular flexibility index (Phi) is 5.66. The van der Waals surface area contributed by atoms with Gasteiger partial charge in [-0.15, -0.1) is 0 Å². The number of hydrogen-bond donors (Lipinski definition) is 2. The molecule has 1 heterocycles. The number of aliphatic hydroxyl groups excluding tert-OH is 1. The third-order valence-electron chi connectivity index (χ3n) is 3.45. The van der Waals surface area contributed by atoms with E-state index in [9.17, 15) is 14.7 Å². The van der Waals surface area contributed by atoms with E-state index in [4.69, 9.17) is 9.47 Å². The zero-order chi connectivity index (χ0) is 17.7. The van der Waals surface area contributed by atoms with Crippen LogP contribution in [0.15, 0.2) is 30.3 Å². The highest BCUT2D eigenvalue weighted by molar-refractivity contribution is 5.70. The molecule has 1 aliphatic rings. The number of amides is 2. The number of likely N-dealkylation sites (tertiary alicyclic amines) is 1. The van der Waals surface area contributed by atoms with Crippen molar-refractivity contribution in [2.75, 3.05) is 13.1 Å². The van der Waals surface area contributed by atoms with E-state index in [0.29, 0.717) is 0 Å². The van der Waals surface area contributed by atoms with Gasteiger partial charge in [0.05, 0.1) is 18.7 Å². The van der Waals surface area contributed by atoms with Crippen molar-refractivity contribution >= 4 is 12.2 Å². The molecule has 24 heavy (non-hydrogen) atoms. The van der Waals surface area contributed by atoms with Crippen molar-refractivity contribution in [2.24, 2.45) is 0 Å². The number of rotatable bonds is 3. The van der Waals surface area contributed by atoms with Crippen molar-refractivity contribution in [1.29, 1.82) is 0 Å². The summed E-state index contributed by atoms with van der Waals surface area (Å²) in [5, 5.41) is 12.6. The second kappa shape index (κ2) is 7.53. The van der Waals surface area contributed by atoms with Gasteiger partial charge in [0.25, 0.3) is 0 Å². The van der Waals surface area contributed by atoms with Gasteiger partial charge in [-0.3, -0.25) is 0 Å². The SMILES string of the molecule is CC(C)(C)OC(=O)N[C@H]1CN(C(=O)OCc2ccccc2)CC1O. The van der Waals surface area contributed by atoms with E-state index in [2.05, 4.69) is 5.32 Å². The molecule has 0 spiro atoms. The molecule has 132 valence electrons. The average molecular weight is 336 g/mol. The van der Waals surface area contributed by atoms with E-state index in [-0.39, 0.29) is 19.7 Å². The van der Waals surface area contributed by atoms with Gasteiger partial charge in [0.1, 0.15) is 12.2 Å². The number of aliphatic hydroxyl groups is 1. The molecule has 2 rings (SSSR count). The molecule has 2 amide bonds. The molecule has 7 heteroatoms. The fourth-order valence-electron chi connectivity index (χ4n) is 2.35. The first-order chi connectivity index (χ1) is 11.2. The molecule has 0 bridgehead atoms. The first-order valence-corrected chi connectivity index (χ1v) is 7.88. The topological polar surface area (TPSA) is 88.1 Å². The second-order valence-electron chi connectivity index (χ2n) is 6.77. The lowest BCUT2D eigenvalue weighted by molar-refractivity contribution is 0.0461. The van der Waals surface area contributed by atoms with Gasteiger partial charge in [0, 0.05) is 6.54 Å². The van der Waals surface area contributed by atoms with Crippen LogP contribution in [0.3, 0.4) is 0 Å². The zero-order valence-corrected chi connectivity index (χ0v) is 14.2. The van der Waals surface area contributed by atoms with Gasteiger partial charge in [-0.1, -0.05) is 30.3 Å². The van der Waals surface area contributed by atoms with Gasteiger partial charge < -0.3 is 24.8 Å². The maximum Gasteiger partial charge on any atom is 0.410 e. The van der Waals surface area contributed by atoms with E-state index in [0.717, 1.165) is 5.56 Å². The Balaban J connectivity index is 1.81. The molecular weight excluding hydrogens is 312 g/mol. The summed E-state index contributed by atoms with van der Waals surface area (Å²) in [7, 11) is 0. The molecule has 0 aliphatic carbocycles. The second-order valence-corrected chi connectivity index (χ2v) is 6.77. The molecular formula is C17H24N2O5. The maximum atomic E-state index is 12.1. The van der Waals surface area contributed by atoms with Crippen LogP contribution in [0.2, 0.25) is 0 Å². The number of nitrogens with one attached hydrogen (secondary N) is 1. The highest BCUT2D eigenvalue weighted by atomic mass is 16.6. The fourth-order valence-corrected chi connectivity index (χ4v) is 2.35. The molecule has 1 fully saturated rings. The van der Waals surface area contributed by atoms with Gasteiger partial charge in [0.2, 0.25) is 0 Å². The summed E-state index contributed by atoms with van der Waals surface area (Å²) in [5.74, 6) is 0. The number of carbonyl (C=O) groups excluding carboxylic acids is 2. The minimum Gasteiger partial charge on any atom is -0.445 e. The molecule has 2 atom stereocenters. The Bertz CT molecular complexity index is 570. The highest BCUT2D eigenvalue weighted by Crippen LogP contribution is 2.14. The van der Waals surface area contributed by atoms with Gasteiger partial charge in [0.15, 0.2) is 0 Å². The van der Waals surface area contributed by atoms with Crippen molar-refractivity contribution < 1.29 is 24.2 Å². The van der Waals surface area contributed by atoms with E-state index in [1.807, 2.05) is 30.3 Å². The van der Waals surface area contributed by atoms with Crippen LogP contribution in [-0.4, -0.2) is 53.0 Å². The van der Waals surface area contributed by atoms with Crippen molar-refractivity contribution in [3.63, 3.8) is 0 Å². The third kappa shape index (κ3) is 5.42. The first kappa shape index (κ1) is 18.1. The minimum atomic E-state index is -0.859. The number of nitrogens with zero attached hydrogens (tertiary/aromatic N) is 1. The summed E-state index contributed by atoms with van der Waals surface area (Å²) in [4.78, 5) is 25.2. The molecule has 0 aromatic heterocycles. The maximum absolute atomic E-state index is 12.1. The smallest absolute Gasteiger partial charge is 0.410 e. The summed E-state index contributed by atoms with van der Waals surface area (Å²) in [6, 6.07) is 8.75. The number of β-amino-alcohol motifs (C(OH)–C–C–N with tert-alkyl or cyclic N) is 1. The Morgan fingerprint density at radius 3 is 2.54 bits per heavy atom. The summed E-state index contributed by atoms with van der Waals surface area (Å²) >= 11 is 0. The lowest BCUT2D eigenvalue weighted by Crippen LogP contribution is -2.45. The summed E-state index contributed by atoms with van der Waals surface area (Å²) in [6.07, 6.45) is -2.00. The van der Waals surface area contributed by atoms with E-state index >= 15 is 0 Å². The largest absolute Gasteiger partial charge is 0.445 e. The Morgan fingerprint density at radius 1 is 1.25 bits per heavy atom. The normalized spacial score (nSPS) is 20.6. The molecule has 0 saturated carbocycles. The van der Waals surface area contributed by atoms with Crippen LogP contribution in [0, 0.1) is 0 Å². The van der Waals surface area contributed by atoms with Crippen LogP contribution in [0.1, 0.15) is 26.3 Å². The quantitative estimate of drug-likeness (QED) is 0.880. The van der Waals surface area contributed by atoms with Crippen LogP contribution < -0.4 is 5.32 Å². The zero-order valence-electron chi connectivity index (χ0n) is 14.2. The number of ether oxygens (including phenoxy) is 2. The third-order valence-corrected chi connectivity index (χ3v) is 3.45. The number of alkyl carbamates (subject to hydrolysis) is 1.